The molecule has 1 saturated carbocycles. The summed E-state index contributed by atoms with van der Waals surface area (Å²) in [5.74, 6) is -4.71. The van der Waals surface area contributed by atoms with Crippen LogP contribution in [0.25, 0.3) is 0 Å². The Labute approximate surface area is 150 Å². The Morgan fingerprint density at radius 2 is 1.96 bits per heavy atom. The predicted molar refractivity (Wildman–Crippen MR) is 89.6 cm³/mol. The monoisotopic (exact) mass is 373 g/mol. The van der Waals surface area contributed by atoms with Crippen LogP contribution in [0.15, 0.2) is 24.3 Å². The molecule has 2 fully saturated rings. The number of nitrogens with one attached hydrogen (secondary N) is 1. The predicted octanol–water partition coefficient (Wildman–Crippen LogP) is 3.26. The summed E-state index contributed by atoms with van der Waals surface area (Å²) < 4.78 is 33.0. The van der Waals surface area contributed by atoms with Crippen LogP contribution in [-0.2, 0) is 15.1 Å². The summed E-state index contributed by atoms with van der Waals surface area (Å²) in [5.41, 5.74) is -2.03. The zero-order valence-corrected chi connectivity index (χ0v) is 14.6. The van der Waals surface area contributed by atoms with Crippen molar-refractivity contribution in [1.82, 2.24) is 5.32 Å². The van der Waals surface area contributed by atoms with Gasteiger partial charge in [0.1, 0.15) is 6.10 Å². The van der Waals surface area contributed by atoms with Crippen molar-refractivity contribution in [3.63, 3.8) is 0 Å². The van der Waals surface area contributed by atoms with Crippen LogP contribution < -0.4 is 5.32 Å². The Morgan fingerprint density at radius 1 is 1.28 bits per heavy atom. The Bertz CT molecular complexity index is 637. The third-order valence-corrected chi connectivity index (χ3v) is 5.48. The number of esters is 1. The van der Waals surface area contributed by atoms with Crippen molar-refractivity contribution in [2.45, 2.75) is 49.7 Å². The fourth-order valence-corrected chi connectivity index (χ4v) is 4.01. The van der Waals surface area contributed by atoms with Gasteiger partial charge in [-0.3, -0.25) is 0 Å². The number of hydrogen-bond donors (Lipinski definition) is 2. The molecule has 1 heterocycles. The first-order valence-corrected chi connectivity index (χ1v) is 8.98. The average molecular weight is 374 g/mol. The van der Waals surface area contributed by atoms with Gasteiger partial charge in [-0.25, -0.2) is 13.6 Å². The molecule has 4 nitrogen and oxygen atoms in total. The van der Waals surface area contributed by atoms with E-state index >= 15 is 0 Å². The Morgan fingerprint density at radius 3 is 2.56 bits per heavy atom. The maximum absolute atomic E-state index is 13.8. The van der Waals surface area contributed by atoms with Gasteiger partial charge in [0.2, 0.25) is 5.92 Å². The minimum absolute atomic E-state index is 0.0377. The number of aliphatic hydroxyl groups is 1. The summed E-state index contributed by atoms with van der Waals surface area (Å²) in [6.45, 7) is 1.42. The molecule has 1 aromatic carbocycles. The van der Waals surface area contributed by atoms with Gasteiger partial charge in [0.25, 0.3) is 0 Å². The zero-order chi connectivity index (χ0) is 18.1. The molecule has 1 aliphatic heterocycles. The highest BCUT2D eigenvalue weighted by Crippen LogP contribution is 2.49. The molecule has 2 aliphatic rings. The summed E-state index contributed by atoms with van der Waals surface area (Å²) in [7, 11) is 0. The van der Waals surface area contributed by atoms with Crippen LogP contribution in [0.3, 0.4) is 0 Å². The number of ether oxygens (including phenoxy) is 1. The van der Waals surface area contributed by atoms with Gasteiger partial charge >= 0.3 is 5.97 Å². The number of hydrogen-bond acceptors (Lipinski definition) is 4. The highest BCUT2D eigenvalue weighted by molar-refractivity contribution is 6.31. The summed E-state index contributed by atoms with van der Waals surface area (Å²) in [4.78, 5) is 12.9. The number of carbonyl (C=O) groups excluding carboxylic acids is 1. The summed E-state index contributed by atoms with van der Waals surface area (Å²) in [5, 5.41) is 14.6. The highest BCUT2D eigenvalue weighted by Gasteiger charge is 2.55. The molecule has 7 heteroatoms. The molecule has 2 N–H and O–H groups in total. The molecule has 25 heavy (non-hydrogen) atoms. The lowest BCUT2D eigenvalue weighted by Crippen LogP contribution is -2.46. The van der Waals surface area contributed by atoms with E-state index in [1.165, 1.54) is 12.1 Å². The summed E-state index contributed by atoms with van der Waals surface area (Å²) in [6, 6.07) is 6.32. The maximum atomic E-state index is 13.8. The maximum Gasteiger partial charge on any atom is 0.343 e. The third kappa shape index (κ3) is 3.81. The highest BCUT2D eigenvalue weighted by atomic mass is 35.5. The van der Waals surface area contributed by atoms with E-state index in [0.717, 1.165) is 0 Å². The molecule has 1 saturated heterocycles. The standard InChI is InChI=1S/C18H22ClF2NO3/c19-15-4-2-1-3-14(15)18(24,12-5-8-17(20,21)11-12)16(23)25-13-6-9-22-10-7-13/h1-4,12-13,22,24H,5-11H2. The minimum atomic E-state index is -2.89. The van der Waals surface area contributed by atoms with Crippen LogP contribution >= 0.6 is 11.6 Å². The Kier molecular flexibility index (Phi) is 5.32. The minimum Gasteiger partial charge on any atom is -0.460 e. The van der Waals surface area contributed by atoms with Crippen molar-refractivity contribution in [1.29, 1.82) is 0 Å². The van der Waals surface area contributed by atoms with E-state index in [-0.39, 0.29) is 29.5 Å². The molecule has 2 unspecified atom stereocenters. The van der Waals surface area contributed by atoms with Crippen molar-refractivity contribution in [2.75, 3.05) is 13.1 Å². The first kappa shape index (κ1) is 18.5. The van der Waals surface area contributed by atoms with Crippen LogP contribution in [0.1, 0.15) is 37.7 Å². The molecule has 0 radical (unpaired) electrons. The molecular weight excluding hydrogens is 352 g/mol. The van der Waals surface area contributed by atoms with Crippen LogP contribution in [-0.4, -0.2) is 36.2 Å². The van der Waals surface area contributed by atoms with E-state index in [0.29, 0.717) is 25.9 Å². The van der Waals surface area contributed by atoms with Crippen molar-refractivity contribution < 1.29 is 23.4 Å². The van der Waals surface area contributed by atoms with E-state index in [9.17, 15) is 18.7 Å². The smallest absolute Gasteiger partial charge is 0.343 e. The zero-order valence-electron chi connectivity index (χ0n) is 13.8. The number of carbonyl (C=O) groups is 1. The van der Waals surface area contributed by atoms with Crippen molar-refractivity contribution in [3.8, 4) is 0 Å². The van der Waals surface area contributed by atoms with Gasteiger partial charge in [-0.1, -0.05) is 29.8 Å². The second kappa shape index (κ2) is 7.17. The summed E-state index contributed by atoms with van der Waals surface area (Å²) in [6.07, 6.45) is 0.0534. The van der Waals surface area contributed by atoms with Gasteiger partial charge in [-0.15, -0.1) is 0 Å². The molecular formula is C18H22ClF2NO3. The number of rotatable bonds is 4. The lowest BCUT2D eigenvalue weighted by Gasteiger charge is -2.35. The van der Waals surface area contributed by atoms with Gasteiger partial charge in [-0.2, -0.15) is 0 Å². The summed E-state index contributed by atoms with van der Waals surface area (Å²) >= 11 is 6.18. The van der Waals surface area contributed by atoms with Gasteiger partial charge in [0.05, 0.1) is 0 Å². The first-order valence-electron chi connectivity index (χ1n) is 8.60. The van der Waals surface area contributed by atoms with Gasteiger partial charge in [0.15, 0.2) is 5.60 Å². The van der Waals surface area contributed by atoms with Gasteiger partial charge in [0, 0.05) is 29.3 Å². The SMILES string of the molecule is O=C(OC1CCNCC1)C(O)(c1ccccc1Cl)C1CCC(F)(F)C1. The van der Waals surface area contributed by atoms with Crippen LogP contribution in [0, 0.1) is 5.92 Å². The molecule has 0 spiro atoms. The van der Waals surface area contributed by atoms with E-state index in [4.69, 9.17) is 16.3 Å². The fraction of sp³-hybridized carbons (Fsp3) is 0.611. The lowest BCUT2D eigenvalue weighted by molar-refractivity contribution is -0.181. The van der Waals surface area contributed by atoms with Crippen molar-refractivity contribution in [2.24, 2.45) is 5.92 Å². The van der Waals surface area contributed by atoms with E-state index < -0.39 is 29.8 Å². The molecule has 0 bridgehead atoms. The lowest BCUT2D eigenvalue weighted by atomic mass is 9.80. The molecule has 1 aromatic rings. The molecule has 2 atom stereocenters. The number of benzene rings is 1. The van der Waals surface area contributed by atoms with Crippen LogP contribution in [0.4, 0.5) is 8.78 Å². The van der Waals surface area contributed by atoms with Crippen LogP contribution in [0.2, 0.25) is 5.02 Å². The molecule has 3 rings (SSSR count). The number of halogens is 3. The Hall–Kier alpha value is -1.24. The Balaban J connectivity index is 1.91. The number of piperidine rings is 1. The fourth-order valence-electron chi connectivity index (χ4n) is 3.73. The molecule has 0 amide bonds. The molecule has 0 aromatic heterocycles. The first-order chi connectivity index (χ1) is 11.8. The molecule has 138 valence electrons. The topological polar surface area (TPSA) is 58.6 Å². The van der Waals surface area contributed by atoms with E-state index in [2.05, 4.69) is 5.32 Å². The van der Waals surface area contributed by atoms with Crippen molar-refractivity contribution in [3.05, 3.63) is 34.9 Å². The van der Waals surface area contributed by atoms with Crippen LogP contribution in [0.5, 0.6) is 0 Å². The molecule has 1 aliphatic carbocycles. The van der Waals surface area contributed by atoms with E-state index in [1.807, 2.05) is 0 Å². The van der Waals surface area contributed by atoms with Crippen molar-refractivity contribution >= 4 is 17.6 Å². The second-order valence-electron chi connectivity index (χ2n) is 6.90. The second-order valence-corrected chi connectivity index (χ2v) is 7.30. The van der Waals surface area contributed by atoms with Gasteiger partial charge < -0.3 is 15.2 Å². The van der Waals surface area contributed by atoms with E-state index in [1.54, 1.807) is 12.1 Å². The normalized spacial score (nSPS) is 26.2. The number of alkyl halides is 2. The average Bonchev–Trinajstić information content (AvgIpc) is 2.96. The quantitative estimate of drug-likeness (QED) is 0.795. The largest absolute Gasteiger partial charge is 0.460 e. The van der Waals surface area contributed by atoms with Gasteiger partial charge in [-0.05, 0) is 38.4 Å². The third-order valence-electron chi connectivity index (χ3n) is 5.15.